The first-order chi connectivity index (χ1) is 9.90. The van der Waals surface area contributed by atoms with Gasteiger partial charge in [-0.2, -0.15) is 0 Å². The Morgan fingerprint density at radius 3 is 2.57 bits per heavy atom. The van der Waals surface area contributed by atoms with Crippen molar-refractivity contribution in [2.75, 3.05) is 5.32 Å². The number of amides is 1. The predicted octanol–water partition coefficient (Wildman–Crippen LogP) is 4.53. The Balaban J connectivity index is 2.38. The highest BCUT2D eigenvalue weighted by Crippen LogP contribution is 2.29. The molecule has 0 spiro atoms. The SMILES string of the molecule is NC(=O)C(Nc1ccc(Cl)c(Br)c1)c1cccc(Cl)c1F. The van der Waals surface area contributed by atoms with Crippen molar-refractivity contribution < 1.29 is 9.18 Å². The quantitative estimate of drug-likeness (QED) is 0.804. The Morgan fingerprint density at radius 2 is 1.95 bits per heavy atom. The molecule has 110 valence electrons. The molecule has 2 aromatic rings. The maximum absolute atomic E-state index is 14.0. The minimum absolute atomic E-state index is 0.0714. The average molecular weight is 392 g/mol. The van der Waals surface area contributed by atoms with Gasteiger partial charge in [-0.15, -0.1) is 0 Å². The number of rotatable bonds is 4. The van der Waals surface area contributed by atoms with Gasteiger partial charge in [-0.25, -0.2) is 4.39 Å². The van der Waals surface area contributed by atoms with Gasteiger partial charge in [0.15, 0.2) is 0 Å². The number of carbonyl (C=O) groups is 1. The molecule has 0 aliphatic carbocycles. The summed E-state index contributed by atoms with van der Waals surface area (Å²) in [4.78, 5) is 11.6. The van der Waals surface area contributed by atoms with E-state index >= 15 is 0 Å². The molecule has 0 heterocycles. The van der Waals surface area contributed by atoms with Crippen LogP contribution < -0.4 is 11.1 Å². The second kappa shape index (κ2) is 6.64. The van der Waals surface area contributed by atoms with Gasteiger partial charge in [0.1, 0.15) is 11.9 Å². The molecule has 0 saturated carbocycles. The fraction of sp³-hybridized carbons (Fsp3) is 0.0714. The van der Waals surface area contributed by atoms with Gasteiger partial charge < -0.3 is 11.1 Å². The lowest BCUT2D eigenvalue weighted by molar-refractivity contribution is -0.118. The fourth-order valence-corrected chi connectivity index (χ4v) is 2.48. The molecule has 3 nitrogen and oxygen atoms in total. The maximum Gasteiger partial charge on any atom is 0.244 e. The highest BCUT2D eigenvalue weighted by molar-refractivity contribution is 9.10. The Labute approximate surface area is 139 Å². The lowest BCUT2D eigenvalue weighted by atomic mass is 10.1. The number of anilines is 1. The monoisotopic (exact) mass is 390 g/mol. The summed E-state index contributed by atoms with van der Waals surface area (Å²) in [5.74, 6) is -1.40. The molecule has 0 fully saturated rings. The summed E-state index contributed by atoms with van der Waals surface area (Å²) in [6, 6.07) is 8.33. The molecule has 0 bridgehead atoms. The van der Waals surface area contributed by atoms with Crippen LogP contribution in [0.3, 0.4) is 0 Å². The number of halogens is 4. The summed E-state index contributed by atoms with van der Waals surface area (Å²) >= 11 is 14.9. The molecule has 0 aliphatic heterocycles. The highest BCUT2D eigenvalue weighted by Gasteiger charge is 2.22. The number of hydrogen-bond donors (Lipinski definition) is 2. The van der Waals surface area contributed by atoms with Crippen LogP contribution in [0.2, 0.25) is 10.0 Å². The zero-order valence-corrected chi connectivity index (χ0v) is 13.6. The van der Waals surface area contributed by atoms with Gasteiger partial charge >= 0.3 is 0 Å². The molecule has 1 atom stereocenters. The minimum atomic E-state index is -1.04. The highest BCUT2D eigenvalue weighted by atomic mass is 79.9. The first kappa shape index (κ1) is 16.1. The van der Waals surface area contributed by atoms with Crippen molar-refractivity contribution in [3.63, 3.8) is 0 Å². The van der Waals surface area contributed by atoms with Gasteiger partial charge in [-0.05, 0) is 40.2 Å². The number of carbonyl (C=O) groups excluding carboxylic acids is 1. The van der Waals surface area contributed by atoms with Crippen molar-refractivity contribution in [2.24, 2.45) is 5.73 Å². The van der Waals surface area contributed by atoms with Crippen molar-refractivity contribution in [3.8, 4) is 0 Å². The molecule has 7 heteroatoms. The third-order valence-electron chi connectivity index (χ3n) is 2.81. The van der Waals surface area contributed by atoms with Gasteiger partial charge in [0.25, 0.3) is 0 Å². The molecular formula is C14H10BrCl2FN2O. The third kappa shape index (κ3) is 3.67. The van der Waals surface area contributed by atoms with Gasteiger partial charge in [0.2, 0.25) is 5.91 Å². The molecule has 0 aromatic heterocycles. The Hall–Kier alpha value is -1.30. The summed E-state index contributed by atoms with van der Waals surface area (Å²) in [6.07, 6.45) is 0. The van der Waals surface area contributed by atoms with E-state index in [-0.39, 0.29) is 10.6 Å². The lowest BCUT2D eigenvalue weighted by Crippen LogP contribution is -2.28. The van der Waals surface area contributed by atoms with Crippen LogP contribution in [-0.2, 0) is 4.79 Å². The summed E-state index contributed by atoms with van der Waals surface area (Å²) in [6.45, 7) is 0. The van der Waals surface area contributed by atoms with E-state index in [4.69, 9.17) is 28.9 Å². The second-order valence-electron chi connectivity index (χ2n) is 4.25. The van der Waals surface area contributed by atoms with Crippen molar-refractivity contribution in [1.29, 1.82) is 0 Å². The summed E-state index contributed by atoms with van der Waals surface area (Å²) in [5, 5.41) is 3.32. The van der Waals surface area contributed by atoms with Crippen LogP contribution in [0.5, 0.6) is 0 Å². The van der Waals surface area contributed by atoms with Gasteiger partial charge in [0.05, 0.1) is 10.0 Å². The Morgan fingerprint density at radius 1 is 1.24 bits per heavy atom. The molecule has 21 heavy (non-hydrogen) atoms. The molecule has 2 aromatic carbocycles. The topological polar surface area (TPSA) is 55.1 Å². The van der Waals surface area contributed by atoms with Crippen LogP contribution in [0.4, 0.5) is 10.1 Å². The number of primary amides is 1. The van der Waals surface area contributed by atoms with Crippen molar-refractivity contribution in [1.82, 2.24) is 0 Å². The standard InChI is InChI=1S/C14H10BrCl2FN2O/c15-9-6-7(4-5-10(9)16)20-13(14(19)21)8-2-1-3-11(17)12(8)18/h1-6,13,20H,(H2,19,21). The van der Waals surface area contributed by atoms with E-state index in [1.54, 1.807) is 24.3 Å². The van der Waals surface area contributed by atoms with Crippen LogP contribution in [-0.4, -0.2) is 5.91 Å². The Kier molecular flexibility index (Phi) is 5.08. The van der Waals surface area contributed by atoms with E-state index in [2.05, 4.69) is 21.2 Å². The zero-order valence-electron chi connectivity index (χ0n) is 10.5. The van der Waals surface area contributed by atoms with Crippen molar-refractivity contribution in [2.45, 2.75) is 6.04 Å². The number of hydrogen-bond acceptors (Lipinski definition) is 2. The van der Waals surface area contributed by atoms with Gasteiger partial charge in [-0.1, -0.05) is 35.3 Å². The minimum Gasteiger partial charge on any atom is -0.370 e. The van der Waals surface area contributed by atoms with Crippen LogP contribution >= 0.6 is 39.1 Å². The lowest BCUT2D eigenvalue weighted by Gasteiger charge is -2.18. The van der Waals surface area contributed by atoms with Crippen LogP contribution in [0.15, 0.2) is 40.9 Å². The van der Waals surface area contributed by atoms with E-state index in [0.29, 0.717) is 15.2 Å². The van der Waals surface area contributed by atoms with E-state index in [1.165, 1.54) is 12.1 Å². The molecule has 0 aliphatic rings. The van der Waals surface area contributed by atoms with Gasteiger partial charge in [0, 0.05) is 15.7 Å². The fourth-order valence-electron chi connectivity index (χ4n) is 1.80. The normalized spacial score (nSPS) is 12.0. The van der Waals surface area contributed by atoms with E-state index in [0.717, 1.165) is 0 Å². The first-order valence-corrected chi connectivity index (χ1v) is 7.40. The number of nitrogens with one attached hydrogen (secondary N) is 1. The molecule has 1 amide bonds. The van der Waals surface area contributed by atoms with E-state index < -0.39 is 17.8 Å². The van der Waals surface area contributed by atoms with Crippen molar-refractivity contribution in [3.05, 3.63) is 62.3 Å². The van der Waals surface area contributed by atoms with Gasteiger partial charge in [-0.3, -0.25) is 4.79 Å². The summed E-state index contributed by atoms with van der Waals surface area (Å²) in [5.41, 5.74) is 6.00. The van der Waals surface area contributed by atoms with Crippen LogP contribution in [0.1, 0.15) is 11.6 Å². The summed E-state index contributed by atoms with van der Waals surface area (Å²) in [7, 11) is 0. The average Bonchev–Trinajstić information content (AvgIpc) is 2.43. The molecule has 3 N–H and O–H groups in total. The van der Waals surface area contributed by atoms with E-state index in [9.17, 15) is 9.18 Å². The third-order valence-corrected chi connectivity index (χ3v) is 4.31. The van der Waals surface area contributed by atoms with E-state index in [1.807, 2.05) is 0 Å². The molecule has 1 unspecified atom stereocenters. The second-order valence-corrected chi connectivity index (χ2v) is 5.92. The smallest absolute Gasteiger partial charge is 0.244 e. The first-order valence-electron chi connectivity index (χ1n) is 5.85. The van der Waals surface area contributed by atoms with Crippen molar-refractivity contribution >= 4 is 50.7 Å². The molecular weight excluding hydrogens is 382 g/mol. The maximum atomic E-state index is 14.0. The Bertz CT molecular complexity index is 697. The number of nitrogens with two attached hydrogens (primary N) is 1. The predicted molar refractivity (Wildman–Crippen MR) is 86.1 cm³/mol. The largest absolute Gasteiger partial charge is 0.370 e. The molecule has 0 saturated heterocycles. The number of benzene rings is 2. The van der Waals surface area contributed by atoms with Crippen LogP contribution in [0, 0.1) is 5.82 Å². The van der Waals surface area contributed by atoms with Crippen LogP contribution in [0.25, 0.3) is 0 Å². The zero-order chi connectivity index (χ0) is 15.6. The summed E-state index contributed by atoms with van der Waals surface area (Å²) < 4.78 is 14.7. The molecule has 2 rings (SSSR count). The molecule has 0 radical (unpaired) electrons.